The molecule has 6 N–H and O–H groups in total. The Morgan fingerprint density at radius 3 is 1.27 bits per heavy atom. The molecule has 0 rings (SSSR count). The summed E-state index contributed by atoms with van der Waals surface area (Å²) in [6, 6.07) is 0. The summed E-state index contributed by atoms with van der Waals surface area (Å²) < 4.78 is 0. The third-order valence-electron chi connectivity index (χ3n) is 5.78. The SMILES string of the molecule is CCCCCCCCCCCCCCCCC(CCN)(CCN)C(N)=O. The van der Waals surface area contributed by atoms with Gasteiger partial charge in [0.15, 0.2) is 0 Å². The Kier molecular flexibility index (Phi) is 17.4. The number of hydrogen-bond acceptors (Lipinski definition) is 3. The van der Waals surface area contributed by atoms with Crippen molar-refractivity contribution < 1.29 is 4.79 Å². The Bertz CT molecular complexity index is 315. The van der Waals surface area contributed by atoms with Gasteiger partial charge in [-0.25, -0.2) is 0 Å². The highest BCUT2D eigenvalue weighted by Gasteiger charge is 2.34. The Morgan fingerprint density at radius 1 is 0.615 bits per heavy atom. The number of hydrogen-bond donors (Lipinski definition) is 3. The molecule has 0 saturated carbocycles. The highest BCUT2D eigenvalue weighted by atomic mass is 16.1. The Balaban J connectivity index is 3.57. The minimum atomic E-state index is -0.472. The molecule has 0 aliphatic carbocycles. The van der Waals surface area contributed by atoms with Crippen LogP contribution in [0.25, 0.3) is 0 Å². The molecule has 0 aromatic heterocycles. The molecular weight excluding hydrogens is 322 g/mol. The number of nitrogens with two attached hydrogens (primary N) is 3. The summed E-state index contributed by atoms with van der Waals surface area (Å²) in [7, 11) is 0. The Labute approximate surface area is 163 Å². The van der Waals surface area contributed by atoms with Crippen molar-refractivity contribution in [1.29, 1.82) is 0 Å². The first kappa shape index (κ1) is 25.4. The quantitative estimate of drug-likeness (QED) is 0.263. The van der Waals surface area contributed by atoms with Gasteiger partial charge in [-0.2, -0.15) is 0 Å². The van der Waals surface area contributed by atoms with Crippen molar-refractivity contribution in [3.05, 3.63) is 0 Å². The van der Waals surface area contributed by atoms with Crippen molar-refractivity contribution in [2.24, 2.45) is 22.6 Å². The fourth-order valence-corrected chi connectivity index (χ4v) is 3.96. The predicted octanol–water partition coefficient (Wildman–Crippen LogP) is 5.03. The van der Waals surface area contributed by atoms with Crippen molar-refractivity contribution >= 4 is 5.91 Å². The molecular formula is C22H47N3O. The van der Waals surface area contributed by atoms with Crippen molar-refractivity contribution in [2.75, 3.05) is 13.1 Å². The van der Waals surface area contributed by atoms with Crippen LogP contribution in [0.3, 0.4) is 0 Å². The standard InChI is InChI=1S/C22H47N3O/c1-2-3-4-5-6-7-8-9-10-11-12-13-14-15-16-22(17-19-23,18-20-24)21(25)26/h2-20,23-24H2,1H3,(H2,25,26). The van der Waals surface area contributed by atoms with E-state index in [0.29, 0.717) is 25.9 Å². The van der Waals surface area contributed by atoms with Gasteiger partial charge in [0.1, 0.15) is 0 Å². The van der Waals surface area contributed by atoms with Gasteiger partial charge in [-0.15, -0.1) is 0 Å². The normalized spacial score (nSPS) is 11.8. The molecule has 0 fully saturated rings. The molecule has 0 bridgehead atoms. The molecule has 4 nitrogen and oxygen atoms in total. The van der Waals surface area contributed by atoms with Crippen LogP contribution in [0.15, 0.2) is 0 Å². The number of primary amides is 1. The second kappa shape index (κ2) is 17.8. The average molecular weight is 370 g/mol. The molecule has 0 aliphatic heterocycles. The van der Waals surface area contributed by atoms with E-state index in [9.17, 15) is 4.79 Å². The molecule has 0 aliphatic rings. The molecule has 0 unspecified atom stereocenters. The second-order valence-corrected chi connectivity index (χ2v) is 8.07. The molecule has 4 heteroatoms. The van der Waals surface area contributed by atoms with E-state index in [4.69, 9.17) is 17.2 Å². The fraction of sp³-hybridized carbons (Fsp3) is 0.955. The number of amides is 1. The zero-order valence-corrected chi connectivity index (χ0v) is 17.6. The third-order valence-corrected chi connectivity index (χ3v) is 5.78. The molecule has 0 aromatic rings. The summed E-state index contributed by atoms with van der Waals surface area (Å²) in [5, 5.41) is 0. The first-order chi connectivity index (χ1) is 12.6. The molecule has 0 atom stereocenters. The highest BCUT2D eigenvalue weighted by molar-refractivity contribution is 5.80. The molecule has 0 heterocycles. The van der Waals surface area contributed by atoms with Gasteiger partial charge < -0.3 is 17.2 Å². The maximum atomic E-state index is 11.9. The van der Waals surface area contributed by atoms with Crippen molar-refractivity contribution in [1.82, 2.24) is 0 Å². The largest absolute Gasteiger partial charge is 0.369 e. The average Bonchev–Trinajstić information content (AvgIpc) is 2.62. The summed E-state index contributed by atoms with van der Waals surface area (Å²) in [4.78, 5) is 11.9. The van der Waals surface area contributed by atoms with E-state index >= 15 is 0 Å². The van der Waals surface area contributed by atoms with Crippen LogP contribution in [-0.4, -0.2) is 19.0 Å². The molecule has 1 amide bonds. The van der Waals surface area contributed by atoms with Crippen LogP contribution >= 0.6 is 0 Å². The molecule has 0 radical (unpaired) electrons. The first-order valence-electron chi connectivity index (χ1n) is 11.3. The fourth-order valence-electron chi connectivity index (χ4n) is 3.96. The summed E-state index contributed by atoms with van der Waals surface area (Å²) in [6.45, 7) is 3.28. The second-order valence-electron chi connectivity index (χ2n) is 8.07. The molecule has 0 spiro atoms. The lowest BCUT2D eigenvalue weighted by atomic mass is 9.76. The lowest BCUT2D eigenvalue weighted by Gasteiger charge is -2.30. The van der Waals surface area contributed by atoms with E-state index in [0.717, 1.165) is 12.8 Å². The molecule has 0 saturated heterocycles. The van der Waals surface area contributed by atoms with E-state index in [1.807, 2.05) is 0 Å². The Morgan fingerprint density at radius 2 is 0.962 bits per heavy atom. The van der Waals surface area contributed by atoms with Gasteiger partial charge >= 0.3 is 0 Å². The Hall–Kier alpha value is -0.610. The van der Waals surface area contributed by atoms with Crippen molar-refractivity contribution in [2.45, 2.75) is 116 Å². The molecule has 0 aromatic carbocycles. The lowest BCUT2D eigenvalue weighted by Crippen LogP contribution is -2.40. The van der Waals surface area contributed by atoms with Crippen LogP contribution in [0, 0.1) is 5.41 Å². The van der Waals surface area contributed by atoms with Gasteiger partial charge in [0, 0.05) is 0 Å². The van der Waals surface area contributed by atoms with Gasteiger partial charge in [0.2, 0.25) is 5.91 Å². The minimum absolute atomic E-state index is 0.219. The maximum Gasteiger partial charge on any atom is 0.223 e. The van der Waals surface area contributed by atoms with Crippen LogP contribution in [0.2, 0.25) is 0 Å². The van der Waals surface area contributed by atoms with Crippen LogP contribution in [0.4, 0.5) is 0 Å². The van der Waals surface area contributed by atoms with E-state index in [1.165, 1.54) is 83.5 Å². The first-order valence-corrected chi connectivity index (χ1v) is 11.3. The minimum Gasteiger partial charge on any atom is -0.369 e. The van der Waals surface area contributed by atoms with Crippen LogP contribution in [0.5, 0.6) is 0 Å². The number of carbonyl (C=O) groups excluding carboxylic acids is 1. The summed E-state index contributed by atoms with van der Waals surface area (Å²) in [5.74, 6) is -0.219. The summed E-state index contributed by atoms with van der Waals surface area (Å²) >= 11 is 0. The van der Waals surface area contributed by atoms with Gasteiger partial charge in [-0.3, -0.25) is 4.79 Å². The topological polar surface area (TPSA) is 95.1 Å². The summed E-state index contributed by atoms with van der Waals surface area (Å²) in [6.07, 6.45) is 20.9. The smallest absolute Gasteiger partial charge is 0.223 e. The summed E-state index contributed by atoms with van der Waals surface area (Å²) in [5.41, 5.74) is 16.5. The van der Waals surface area contributed by atoms with Gasteiger partial charge in [-0.1, -0.05) is 96.8 Å². The molecule has 26 heavy (non-hydrogen) atoms. The zero-order chi connectivity index (χ0) is 19.5. The highest BCUT2D eigenvalue weighted by Crippen LogP contribution is 2.32. The molecule has 156 valence electrons. The van der Waals surface area contributed by atoms with Gasteiger partial charge in [-0.05, 0) is 32.4 Å². The monoisotopic (exact) mass is 369 g/mol. The lowest BCUT2D eigenvalue weighted by molar-refractivity contribution is -0.128. The van der Waals surface area contributed by atoms with E-state index in [2.05, 4.69) is 6.92 Å². The van der Waals surface area contributed by atoms with Crippen molar-refractivity contribution in [3.8, 4) is 0 Å². The van der Waals surface area contributed by atoms with Gasteiger partial charge in [0.25, 0.3) is 0 Å². The van der Waals surface area contributed by atoms with Crippen LogP contribution in [-0.2, 0) is 4.79 Å². The van der Waals surface area contributed by atoms with Crippen LogP contribution < -0.4 is 17.2 Å². The van der Waals surface area contributed by atoms with E-state index in [1.54, 1.807) is 0 Å². The van der Waals surface area contributed by atoms with Crippen LogP contribution in [0.1, 0.15) is 116 Å². The number of unbranched alkanes of at least 4 members (excludes halogenated alkanes) is 13. The van der Waals surface area contributed by atoms with E-state index in [-0.39, 0.29) is 5.91 Å². The third kappa shape index (κ3) is 12.7. The predicted molar refractivity (Wildman–Crippen MR) is 114 cm³/mol. The number of rotatable bonds is 20. The zero-order valence-electron chi connectivity index (χ0n) is 17.6. The van der Waals surface area contributed by atoms with E-state index < -0.39 is 5.41 Å². The van der Waals surface area contributed by atoms with Crippen molar-refractivity contribution in [3.63, 3.8) is 0 Å². The van der Waals surface area contributed by atoms with Gasteiger partial charge in [0.05, 0.1) is 5.41 Å². The maximum absolute atomic E-state index is 11.9. The number of carbonyl (C=O) groups is 1.